The molecular weight excluding hydrogens is 344 g/mol. The molecular formula is C11H10BrF2NO5. The van der Waals surface area contributed by atoms with Crippen LogP contribution in [0.15, 0.2) is 12.1 Å². The van der Waals surface area contributed by atoms with Crippen LogP contribution in [0, 0.1) is 10.1 Å². The van der Waals surface area contributed by atoms with Crippen LogP contribution in [0.4, 0.5) is 14.5 Å². The van der Waals surface area contributed by atoms with Crippen LogP contribution in [-0.4, -0.2) is 24.6 Å². The van der Waals surface area contributed by atoms with Gasteiger partial charge in [0.15, 0.2) is 0 Å². The smallest absolute Gasteiger partial charge is 0.387 e. The van der Waals surface area contributed by atoms with Crippen LogP contribution in [0.25, 0.3) is 0 Å². The Kier molecular flexibility index (Phi) is 5.81. The molecule has 0 N–H and O–H groups in total. The quantitative estimate of drug-likeness (QED) is 0.340. The highest BCUT2D eigenvalue weighted by Gasteiger charge is 2.22. The van der Waals surface area contributed by atoms with E-state index >= 15 is 0 Å². The number of ether oxygens (including phenoxy) is 2. The van der Waals surface area contributed by atoms with E-state index in [2.05, 4.69) is 25.4 Å². The highest BCUT2D eigenvalue weighted by atomic mass is 79.9. The van der Waals surface area contributed by atoms with Crippen molar-refractivity contribution in [1.29, 1.82) is 0 Å². The number of halogens is 3. The lowest BCUT2D eigenvalue weighted by molar-refractivity contribution is -0.385. The maximum absolute atomic E-state index is 12.3. The van der Waals surface area contributed by atoms with Crippen LogP contribution in [0.1, 0.15) is 11.1 Å². The van der Waals surface area contributed by atoms with E-state index in [4.69, 9.17) is 0 Å². The summed E-state index contributed by atoms with van der Waals surface area (Å²) in [6.07, 6.45) is -0.408. The Morgan fingerprint density at radius 2 is 2.10 bits per heavy atom. The largest absolute Gasteiger partial charge is 0.469 e. The minimum absolute atomic E-state index is 0.0535. The Morgan fingerprint density at radius 1 is 1.45 bits per heavy atom. The summed E-state index contributed by atoms with van der Waals surface area (Å²) in [7, 11) is 1.12. The Balaban J connectivity index is 3.30. The number of carbonyl (C=O) groups is 1. The lowest BCUT2D eigenvalue weighted by atomic mass is 10.1. The molecule has 0 bridgehead atoms. The molecule has 0 saturated carbocycles. The van der Waals surface area contributed by atoms with Crippen LogP contribution in [0.3, 0.4) is 0 Å². The van der Waals surface area contributed by atoms with Gasteiger partial charge < -0.3 is 9.47 Å². The number of nitro groups is 1. The Hall–Kier alpha value is -1.77. The summed E-state index contributed by atoms with van der Waals surface area (Å²) in [5, 5.41) is 11.0. The van der Waals surface area contributed by atoms with Gasteiger partial charge >= 0.3 is 12.6 Å². The van der Waals surface area contributed by atoms with Gasteiger partial charge in [0.25, 0.3) is 5.69 Å². The Morgan fingerprint density at radius 3 is 2.55 bits per heavy atom. The third-order valence-corrected chi connectivity index (χ3v) is 2.99. The molecule has 1 aromatic carbocycles. The molecule has 0 heterocycles. The number of benzene rings is 1. The third kappa shape index (κ3) is 4.12. The van der Waals surface area contributed by atoms with Gasteiger partial charge in [0.2, 0.25) is 0 Å². The van der Waals surface area contributed by atoms with E-state index in [9.17, 15) is 23.7 Å². The van der Waals surface area contributed by atoms with Gasteiger partial charge in [-0.3, -0.25) is 14.9 Å². The average Bonchev–Trinajstić information content (AvgIpc) is 2.37. The molecule has 0 radical (unpaired) electrons. The van der Waals surface area contributed by atoms with Crippen molar-refractivity contribution < 1.29 is 28.0 Å². The maximum Gasteiger partial charge on any atom is 0.387 e. The number of methoxy groups -OCH3 is 1. The fourth-order valence-corrected chi connectivity index (χ4v) is 1.94. The number of nitrogens with zero attached hydrogens (tertiary/aromatic N) is 1. The topological polar surface area (TPSA) is 78.7 Å². The molecule has 0 spiro atoms. The number of esters is 1. The standard InChI is InChI=1S/C11H10BrF2NO5/c1-19-10(16)4-6-3-9(20-11(13)14)7(5-12)2-8(6)15(17)18/h2-3,11H,4-5H2,1H3. The zero-order valence-corrected chi connectivity index (χ0v) is 11.9. The first kappa shape index (κ1) is 16.3. The molecule has 0 unspecified atom stereocenters. The van der Waals surface area contributed by atoms with E-state index < -0.39 is 23.9 Å². The molecule has 9 heteroatoms. The molecule has 20 heavy (non-hydrogen) atoms. The van der Waals surface area contributed by atoms with Gasteiger partial charge in [-0.15, -0.1) is 0 Å². The molecule has 0 amide bonds. The molecule has 0 aliphatic rings. The van der Waals surface area contributed by atoms with Crippen LogP contribution < -0.4 is 4.74 Å². The summed E-state index contributed by atoms with van der Waals surface area (Å²) in [5.41, 5.74) is -0.223. The number of rotatable bonds is 6. The van der Waals surface area contributed by atoms with E-state index in [1.54, 1.807) is 0 Å². The van der Waals surface area contributed by atoms with Gasteiger partial charge in [-0.2, -0.15) is 8.78 Å². The monoisotopic (exact) mass is 353 g/mol. The SMILES string of the molecule is COC(=O)Cc1cc(OC(F)F)c(CBr)cc1[N+](=O)[O-]. The molecule has 0 aromatic heterocycles. The second-order valence-corrected chi connectivity index (χ2v) is 4.17. The number of nitro benzene ring substituents is 1. The zero-order valence-electron chi connectivity index (χ0n) is 10.3. The molecule has 0 aliphatic heterocycles. The molecule has 0 fully saturated rings. The Bertz CT molecular complexity index is 524. The second-order valence-electron chi connectivity index (χ2n) is 3.61. The summed E-state index contributed by atoms with van der Waals surface area (Å²) in [5.74, 6) is -0.941. The summed E-state index contributed by atoms with van der Waals surface area (Å²) in [4.78, 5) is 21.4. The minimum atomic E-state index is -3.07. The van der Waals surface area contributed by atoms with Crippen molar-refractivity contribution in [1.82, 2.24) is 0 Å². The molecule has 1 aromatic rings. The summed E-state index contributed by atoms with van der Waals surface area (Å²) >= 11 is 3.03. The molecule has 0 atom stereocenters. The fraction of sp³-hybridized carbons (Fsp3) is 0.364. The number of hydrogen-bond acceptors (Lipinski definition) is 5. The van der Waals surface area contributed by atoms with Gasteiger partial charge in [0.05, 0.1) is 18.5 Å². The van der Waals surface area contributed by atoms with Gasteiger partial charge in [-0.25, -0.2) is 0 Å². The first-order chi connectivity index (χ1) is 9.38. The highest BCUT2D eigenvalue weighted by molar-refractivity contribution is 9.08. The van der Waals surface area contributed by atoms with Crippen LogP contribution in [0.5, 0.6) is 5.75 Å². The average molecular weight is 354 g/mol. The zero-order chi connectivity index (χ0) is 15.3. The predicted octanol–water partition coefficient (Wildman–Crippen LogP) is 2.81. The van der Waals surface area contributed by atoms with Gasteiger partial charge in [-0.1, -0.05) is 15.9 Å². The fourth-order valence-electron chi connectivity index (χ4n) is 1.50. The number of alkyl halides is 3. The van der Waals surface area contributed by atoms with E-state index in [0.717, 1.165) is 19.2 Å². The molecule has 0 saturated heterocycles. The maximum atomic E-state index is 12.3. The van der Waals surface area contributed by atoms with E-state index in [0.29, 0.717) is 0 Å². The summed E-state index contributed by atoms with van der Waals surface area (Å²) < 4.78 is 33.3. The predicted molar refractivity (Wildman–Crippen MR) is 68.1 cm³/mol. The third-order valence-electron chi connectivity index (χ3n) is 2.38. The Labute approximate surface area is 120 Å². The minimum Gasteiger partial charge on any atom is -0.469 e. The first-order valence-electron chi connectivity index (χ1n) is 5.26. The molecule has 1 rings (SSSR count). The second kappa shape index (κ2) is 7.13. The summed E-state index contributed by atoms with van der Waals surface area (Å²) in [6, 6.07) is 2.14. The summed E-state index contributed by atoms with van der Waals surface area (Å²) in [6.45, 7) is -3.07. The molecule has 0 aliphatic carbocycles. The number of hydrogen-bond donors (Lipinski definition) is 0. The van der Waals surface area contributed by atoms with Crippen molar-refractivity contribution in [2.45, 2.75) is 18.4 Å². The molecule has 110 valence electrons. The van der Waals surface area contributed by atoms with Gasteiger partial charge in [0, 0.05) is 22.5 Å². The van der Waals surface area contributed by atoms with Crippen molar-refractivity contribution in [3.63, 3.8) is 0 Å². The van der Waals surface area contributed by atoms with Crippen LogP contribution in [-0.2, 0) is 21.3 Å². The lowest BCUT2D eigenvalue weighted by Gasteiger charge is -2.11. The van der Waals surface area contributed by atoms with Crippen molar-refractivity contribution >= 4 is 27.6 Å². The van der Waals surface area contributed by atoms with Gasteiger partial charge in [-0.05, 0) is 6.07 Å². The molecule has 6 nitrogen and oxygen atoms in total. The van der Waals surface area contributed by atoms with E-state index in [1.165, 1.54) is 0 Å². The van der Waals surface area contributed by atoms with E-state index in [1.807, 2.05) is 0 Å². The first-order valence-corrected chi connectivity index (χ1v) is 6.39. The highest BCUT2D eigenvalue weighted by Crippen LogP contribution is 2.31. The van der Waals surface area contributed by atoms with Crippen molar-refractivity contribution in [3.8, 4) is 5.75 Å². The van der Waals surface area contributed by atoms with Crippen molar-refractivity contribution in [2.24, 2.45) is 0 Å². The van der Waals surface area contributed by atoms with Crippen molar-refractivity contribution in [3.05, 3.63) is 33.4 Å². The normalized spacial score (nSPS) is 10.4. The lowest BCUT2D eigenvalue weighted by Crippen LogP contribution is -2.10. The van der Waals surface area contributed by atoms with Crippen LogP contribution in [0.2, 0.25) is 0 Å². The van der Waals surface area contributed by atoms with Crippen molar-refractivity contribution in [2.75, 3.05) is 7.11 Å². The van der Waals surface area contributed by atoms with Crippen LogP contribution >= 0.6 is 15.9 Å². The number of carbonyl (C=O) groups excluding carboxylic acids is 1. The van der Waals surface area contributed by atoms with E-state index in [-0.39, 0.29) is 27.9 Å². The van der Waals surface area contributed by atoms with Gasteiger partial charge in [0.1, 0.15) is 5.75 Å².